The summed E-state index contributed by atoms with van der Waals surface area (Å²) in [6.45, 7) is 1.50. The van der Waals surface area contributed by atoms with Gasteiger partial charge >= 0.3 is 5.97 Å². The van der Waals surface area contributed by atoms with Gasteiger partial charge in [0, 0.05) is 46.7 Å². The normalized spacial score (nSPS) is 17.6. The number of hydrogen-bond acceptors (Lipinski definition) is 5. The van der Waals surface area contributed by atoms with E-state index in [0.29, 0.717) is 26.1 Å². The van der Waals surface area contributed by atoms with Gasteiger partial charge in [-0.1, -0.05) is 0 Å². The molecular formula is C12H23N3O5S. The zero-order valence-electron chi connectivity index (χ0n) is 12.7. The van der Waals surface area contributed by atoms with Crippen LogP contribution in [0.4, 0.5) is 0 Å². The molecule has 1 rings (SSSR count). The third-order valence-corrected chi connectivity index (χ3v) is 5.31. The predicted molar refractivity (Wildman–Crippen MR) is 76.6 cm³/mol. The van der Waals surface area contributed by atoms with E-state index in [1.165, 1.54) is 29.8 Å². The number of esters is 1. The Morgan fingerprint density at radius 3 is 2.33 bits per heavy atom. The van der Waals surface area contributed by atoms with Crippen LogP contribution in [0.2, 0.25) is 0 Å². The molecule has 9 heteroatoms. The van der Waals surface area contributed by atoms with Crippen molar-refractivity contribution in [1.82, 2.24) is 13.5 Å². The first-order chi connectivity index (χ1) is 9.78. The largest absolute Gasteiger partial charge is 0.469 e. The van der Waals surface area contributed by atoms with E-state index in [9.17, 15) is 18.0 Å². The van der Waals surface area contributed by atoms with E-state index in [2.05, 4.69) is 4.74 Å². The van der Waals surface area contributed by atoms with Crippen molar-refractivity contribution in [2.75, 3.05) is 47.4 Å². The fourth-order valence-corrected chi connectivity index (χ4v) is 3.21. The quantitative estimate of drug-likeness (QED) is 0.624. The Morgan fingerprint density at radius 2 is 1.76 bits per heavy atom. The SMILES string of the molecule is COC(=O)CCC(=O)N1CCCN(S(=O)(=O)N(C)C)CC1. The Morgan fingerprint density at radius 1 is 1.10 bits per heavy atom. The van der Waals surface area contributed by atoms with Crippen molar-refractivity contribution in [1.29, 1.82) is 0 Å². The Hall–Kier alpha value is -1.19. The minimum Gasteiger partial charge on any atom is -0.469 e. The number of hydrogen-bond donors (Lipinski definition) is 0. The lowest BCUT2D eigenvalue weighted by molar-refractivity contribution is -0.143. The van der Waals surface area contributed by atoms with Crippen molar-refractivity contribution in [2.45, 2.75) is 19.3 Å². The second-order valence-electron chi connectivity index (χ2n) is 5.00. The van der Waals surface area contributed by atoms with E-state index in [4.69, 9.17) is 0 Å². The maximum atomic E-state index is 12.1. The van der Waals surface area contributed by atoms with Crippen molar-refractivity contribution < 1.29 is 22.7 Å². The van der Waals surface area contributed by atoms with Crippen molar-refractivity contribution >= 4 is 22.1 Å². The minimum absolute atomic E-state index is 0.0472. The van der Waals surface area contributed by atoms with E-state index in [0.717, 1.165) is 0 Å². The van der Waals surface area contributed by atoms with E-state index < -0.39 is 16.2 Å². The zero-order chi connectivity index (χ0) is 16.0. The van der Waals surface area contributed by atoms with Crippen LogP contribution in [-0.2, 0) is 24.5 Å². The summed E-state index contributed by atoms with van der Waals surface area (Å²) in [4.78, 5) is 24.6. The first kappa shape index (κ1) is 17.9. The number of nitrogens with zero attached hydrogens (tertiary/aromatic N) is 3. The maximum absolute atomic E-state index is 12.1. The summed E-state index contributed by atoms with van der Waals surface area (Å²) in [7, 11) is 0.804. The Labute approximate surface area is 125 Å². The van der Waals surface area contributed by atoms with Crippen LogP contribution in [0.1, 0.15) is 19.3 Å². The molecule has 8 nitrogen and oxygen atoms in total. The standard InChI is InChI=1S/C12H23N3O5S/c1-13(2)21(18,19)15-8-4-7-14(9-10-15)11(16)5-6-12(17)20-3/h4-10H2,1-3H3. The Kier molecular flexibility index (Phi) is 6.56. The summed E-state index contributed by atoms with van der Waals surface area (Å²) in [5, 5.41) is 0. The second-order valence-corrected chi connectivity index (χ2v) is 7.14. The minimum atomic E-state index is -3.45. The van der Waals surface area contributed by atoms with Crippen LogP contribution in [-0.4, -0.2) is 81.2 Å². The van der Waals surface area contributed by atoms with E-state index in [1.807, 2.05) is 0 Å². The topological polar surface area (TPSA) is 87.2 Å². The lowest BCUT2D eigenvalue weighted by Gasteiger charge is -2.24. The highest BCUT2D eigenvalue weighted by molar-refractivity contribution is 7.86. The predicted octanol–water partition coefficient (Wildman–Crippen LogP) is -0.720. The summed E-state index contributed by atoms with van der Waals surface area (Å²) in [6.07, 6.45) is 0.718. The van der Waals surface area contributed by atoms with Crippen LogP contribution in [0, 0.1) is 0 Å². The first-order valence-corrected chi connectivity index (χ1v) is 8.21. The van der Waals surface area contributed by atoms with Crippen molar-refractivity contribution in [3.05, 3.63) is 0 Å². The van der Waals surface area contributed by atoms with Crippen LogP contribution in [0.25, 0.3) is 0 Å². The molecule has 0 radical (unpaired) electrons. The highest BCUT2D eigenvalue weighted by atomic mass is 32.2. The van der Waals surface area contributed by atoms with Gasteiger partial charge in [-0.05, 0) is 6.42 Å². The smallest absolute Gasteiger partial charge is 0.306 e. The average Bonchev–Trinajstić information content (AvgIpc) is 2.70. The Balaban J connectivity index is 2.56. The molecule has 0 aromatic heterocycles. The van der Waals surface area contributed by atoms with Crippen molar-refractivity contribution in [3.8, 4) is 0 Å². The van der Waals surface area contributed by atoms with Gasteiger partial charge in [-0.15, -0.1) is 0 Å². The fourth-order valence-electron chi connectivity index (χ4n) is 2.07. The molecule has 1 amide bonds. The van der Waals surface area contributed by atoms with Crippen LogP contribution in [0.5, 0.6) is 0 Å². The van der Waals surface area contributed by atoms with Crippen molar-refractivity contribution in [2.24, 2.45) is 0 Å². The number of rotatable bonds is 5. The second kappa shape index (κ2) is 7.71. The lowest BCUT2D eigenvalue weighted by atomic mass is 10.2. The van der Waals surface area contributed by atoms with Gasteiger partial charge in [-0.2, -0.15) is 17.0 Å². The van der Waals surface area contributed by atoms with Crippen LogP contribution < -0.4 is 0 Å². The van der Waals surface area contributed by atoms with Gasteiger partial charge in [0.15, 0.2) is 0 Å². The van der Waals surface area contributed by atoms with Gasteiger partial charge < -0.3 is 9.64 Å². The molecule has 0 aromatic carbocycles. The third kappa shape index (κ3) is 4.94. The molecule has 0 aromatic rings. The number of carbonyl (C=O) groups is 2. The highest BCUT2D eigenvalue weighted by Crippen LogP contribution is 2.11. The molecule has 1 aliphatic rings. The maximum Gasteiger partial charge on any atom is 0.306 e. The first-order valence-electron chi connectivity index (χ1n) is 6.81. The van der Waals surface area contributed by atoms with E-state index >= 15 is 0 Å². The van der Waals surface area contributed by atoms with Crippen molar-refractivity contribution in [3.63, 3.8) is 0 Å². The number of methoxy groups -OCH3 is 1. The molecule has 0 saturated carbocycles. The van der Waals surface area contributed by atoms with Gasteiger partial charge in [0.25, 0.3) is 10.2 Å². The highest BCUT2D eigenvalue weighted by Gasteiger charge is 2.28. The number of amides is 1. The summed E-state index contributed by atoms with van der Waals surface area (Å²) in [6, 6.07) is 0. The van der Waals surface area contributed by atoms with Crippen LogP contribution in [0.3, 0.4) is 0 Å². The Bertz CT molecular complexity index is 477. The summed E-state index contributed by atoms with van der Waals surface area (Å²) in [5.41, 5.74) is 0. The molecule has 1 aliphatic heterocycles. The van der Waals surface area contributed by atoms with Gasteiger partial charge in [0.2, 0.25) is 5.91 Å². The molecule has 1 heterocycles. The molecule has 0 aliphatic carbocycles. The third-order valence-electron chi connectivity index (χ3n) is 3.37. The van der Waals surface area contributed by atoms with E-state index in [1.54, 1.807) is 4.90 Å². The molecule has 1 saturated heterocycles. The van der Waals surface area contributed by atoms with Crippen LogP contribution in [0.15, 0.2) is 0 Å². The monoisotopic (exact) mass is 321 g/mol. The summed E-state index contributed by atoms with van der Waals surface area (Å²) >= 11 is 0. The summed E-state index contributed by atoms with van der Waals surface area (Å²) in [5.74, 6) is -0.570. The summed E-state index contributed by atoms with van der Waals surface area (Å²) < 4.78 is 31.2. The fraction of sp³-hybridized carbons (Fsp3) is 0.833. The molecule has 122 valence electrons. The van der Waals surface area contributed by atoms with E-state index in [-0.39, 0.29) is 25.3 Å². The average molecular weight is 321 g/mol. The molecular weight excluding hydrogens is 298 g/mol. The van der Waals surface area contributed by atoms with Crippen LogP contribution >= 0.6 is 0 Å². The van der Waals surface area contributed by atoms with Gasteiger partial charge in [0.1, 0.15) is 0 Å². The molecule has 1 fully saturated rings. The van der Waals surface area contributed by atoms with Gasteiger partial charge in [-0.25, -0.2) is 0 Å². The molecule has 0 atom stereocenters. The number of ether oxygens (including phenoxy) is 1. The number of carbonyl (C=O) groups excluding carboxylic acids is 2. The molecule has 0 unspecified atom stereocenters. The lowest BCUT2D eigenvalue weighted by Crippen LogP contribution is -2.42. The molecule has 21 heavy (non-hydrogen) atoms. The van der Waals surface area contributed by atoms with Gasteiger partial charge in [0.05, 0.1) is 13.5 Å². The molecule has 0 N–H and O–H groups in total. The molecule has 0 spiro atoms. The molecule has 0 bridgehead atoms. The zero-order valence-corrected chi connectivity index (χ0v) is 13.6. The van der Waals surface area contributed by atoms with Gasteiger partial charge in [-0.3, -0.25) is 9.59 Å².